The highest BCUT2D eigenvalue weighted by Gasteiger charge is 2.35. The van der Waals surface area contributed by atoms with Crippen LogP contribution in [-0.4, -0.2) is 24.2 Å². The van der Waals surface area contributed by atoms with Gasteiger partial charge in [0.25, 0.3) is 0 Å². The molecule has 0 amide bonds. The van der Waals surface area contributed by atoms with E-state index in [1.807, 2.05) is 6.07 Å². The molecule has 5 nitrogen and oxygen atoms in total. The monoisotopic (exact) mass is 482 g/mol. The van der Waals surface area contributed by atoms with Gasteiger partial charge in [-0.05, 0) is 31.7 Å². The molecule has 1 aliphatic rings. The Morgan fingerprint density at radius 1 is 1.15 bits per heavy atom. The summed E-state index contributed by atoms with van der Waals surface area (Å²) < 4.78 is 5.34. The van der Waals surface area contributed by atoms with Crippen LogP contribution >= 0.6 is 24.0 Å². The first-order valence-electron chi connectivity index (χ1n) is 9.78. The number of nitrogens with one attached hydrogen (secondary N) is 2. The number of nitrogens with zero attached hydrogens (tertiary/aromatic N) is 2. The fourth-order valence-electron chi connectivity index (χ4n) is 3.76. The maximum absolute atomic E-state index is 5.34. The molecule has 1 aromatic heterocycles. The van der Waals surface area contributed by atoms with Gasteiger partial charge in [-0.25, -0.2) is 4.99 Å². The van der Waals surface area contributed by atoms with Crippen LogP contribution in [0.2, 0.25) is 0 Å². The smallest absolute Gasteiger partial charge is 0.191 e. The number of hydrogen-bond acceptors (Lipinski definition) is 3. The fraction of sp³-hybridized carbons (Fsp3) is 0.524. The maximum atomic E-state index is 5.34. The Morgan fingerprint density at radius 3 is 2.52 bits per heavy atom. The van der Waals surface area contributed by atoms with E-state index in [2.05, 4.69) is 65.0 Å². The molecule has 0 aliphatic heterocycles. The quantitative estimate of drug-likeness (QED) is 0.349. The summed E-state index contributed by atoms with van der Waals surface area (Å²) in [5, 5.41) is 10.9. The van der Waals surface area contributed by atoms with Crippen LogP contribution in [-0.2, 0) is 18.4 Å². The molecule has 2 aromatic rings. The first-order valence-corrected chi connectivity index (χ1v) is 9.78. The van der Waals surface area contributed by atoms with E-state index in [1.54, 1.807) is 0 Å². The third kappa shape index (κ3) is 5.70. The van der Waals surface area contributed by atoms with Crippen LogP contribution in [0, 0.1) is 0 Å². The van der Waals surface area contributed by atoms with Gasteiger partial charge >= 0.3 is 0 Å². The molecule has 1 fully saturated rings. The molecule has 1 aliphatic carbocycles. The number of guanidine groups is 1. The van der Waals surface area contributed by atoms with Crippen LogP contribution in [0.4, 0.5) is 0 Å². The topological polar surface area (TPSA) is 62.5 Å². The van der Waals surface area contributed by atoms with Gasteiger partial charge in [-0.2, -0.15) is 0 Å². The van der Waals surface area contributed by atoms with E-state index in [0.29, 0.717) is 6.54 Å². The van der Waals surface area contributed by atoms with Crippen molar-refractivity contribution in [2.75, 3.05) is 13.1 Å². The second kappa shape index (κ2) is 10.7. The molecule has 0 atom stereocenters. The van der Waals surface area contributed by atoms with Crippen LogP contribution in [0.1, 0.15) is 56.5 Å². The van der Waals surface area contributed by atoms with Crippen molar-refractivity contribution in [3.05, 3.63) is 53.4 Å². The molecule has 27 heavy (non-hydrogen) atoms. The fourth-order valence-corrected chi connectivity index (χ4v) is 3.76. The van der Waals surface area contributed by atoms with Gasteiger partial charge in [-0.15, -0.1) is 24.0 Å². The highest BCUT2D eigenvalue weighted by molar-refractivity contribution is 14.0. The number of aliphatic imine (C=N–C) groups is 1. The van der Waals surface area contributed by atoms with E-state index in [9.17, 15) is 0 Å². The van der Waals surface area contributed by atoms with Crippen molar-refractivity contribution in [2.45, 2.75) is 57.9 Å². The number of aryl methyl sites for hydroxylation is 1. The highest BCUT2D eigenvalue weighted by Crippen LogP contribution is 2.40. The first-order chi connectivity index (χ1) is 12.8. The summed E-state index contributed by atoms with van der Waals surface area (Å²) in [5.41, 5.74) is 2.62. The zero-order valence-corrected chi connectivity index (χ0v) is 18.7. The van der Waals surface area contributed by atoms with E-state index >= 15 is 0 Å². The Morgan fingerprint density at radius 2 is 1.89 bits per heavy atom. The number of hydrogen-bond donors (Lipinski definition) is 2. The van der Waals surface area contributed by atoms with Crippen molar-refractivity contribution in [3.8, 4) is 0 Å². The lowest BCUT2D eigenvalue weighted by Crippen LogP contribution is -2.44. The second-order valence-electron chi connectivity index (χ2n) is 7.04. The van der Waals surface area contributed by atoms with Crippen molar-refractivity contribution >= 4 is 29.9 Å². The zero-order chi connectivity index (χ0) is 18.2. The predicted octanol–water partition coefficient (Wildman–Crippen LogP) is 4.42. The number of rotatable bonds is 7. The van der Waals surface area contributed by atoms with Gasteiger partial charge in [-0.1, -0.05) is 55.3 Å². The van der Waals surface area contributed by atoms with E-state index in [1.165, 1.54) is 31.2 Å². The molecule has 0 saturated heterocycles. The molecule has 0 radical (unpaired) electrons. The van der Waals surface area contributed by atoms with Crippen molar-refractivity contribution < 1.29 is 4.52 Å². The van der Waals surface area contributed by atoms with Gasteiger partial charge in [-0.3, -0.25) is 0 Å². The summed E-state index contributed by atoms with van der Waals surface area (Å²) in [7, 11) is 0. The largest absolute Gasteiger partial charge is 0.359 e. The minimum Gasteiger partial charge on any atom is -0.359 e. The van der Waals surface area contributed by atoms with E-state index < -0.39 is 0 Å². The van der Waals surface area contributed by atoms with Crippen LogP contribution in [0.5, 0.6) is 0 Å². The average molecular weight is 482 g/mol. The van der Waals surface area contributed by atoms with E-state index in [0.717, 1.165) is 36.9 Å². The molecule has 6 heteroatoms. The standard InChI is InChI=1S/C21H30N4O.HI/c1-3-18-14-19(26-25-18)15-23-20(22-4-2)24-16-21(12-8-9-13-21)17-10-6-5-7-11-17;/h5-7,10-11,14H,3-4,8-9,12-13,15-16H2,1-2H3,(H2,22,23,24);1H. The molecular weight excluding hydrogens is 451 g/mol. The normalized spacial score (nSPS) is 16.0. The van der Waals surface area contributed by atoms with Crippen LogP contribution in [0.25, 0.3) is 0 Å². The van der Waals surface area contributed by atoms with Gasteiger partial charge in [0.05, 0.1) is 5.69 Å². The Bertz CT molecular complexity index is 708. The van der Waals surface area contributed by atoms with E-state index in [-0.39, 0.29) is 29.4 Å². The Hall–Kier alpha value is -1.57. The number of aromatic nitrogens is 1. The third-order valence-electron chi connectivity index (χ3n) is 5.25. The van der Waals surface area contributed by atoms with Gasteiger partial charge in [0.2, 0.25) is 0 Å². The predicted molar refractivity (Wildman–Crippen MR) is 121 cm³/mol. The van der Waals surface area contributed by atoms with Crippen molar-refractivity contribution in [1.29, 1.82) is 0 Å². The lowest BCUT2D eigenvalue weighted by Gasteiger charge is -2.30. The molecule has 148 valence electrons. The van der Waals surface area contributed by atoms with Crippen LogP contribution in [0.3, 0.4) is 0 Å². The molecule has 0 unspecified atom stereocenters. The zero-order valence-electron chi connectivity index (χ0n) is 16.3. The summed E-state index contributed by atoms with van der Waals surface area (Å²) in [6.07, 6.45) is 5.92. The first kappa shape index (κ1) is 21.7. The SMILES string of the molecule is CCNC(=NCc1cc(CC)no1)NCC1(c2ccccc2)CCCC1.I. The van der Waals surface area contributed by atoms with Crippen molar-refractivity contribution in [3.63, 3.8) is 0 Å². The summed E-state index contributed by atoms with van der Waals surface area (Å²) >= 11 is 0. The lowest BCUT2D eigenvalue weighted by molar-refractivity contribution is 0.379. The van der Waals surface area contributed by atoms with Gasteiger partial charge in [0.15, 0.2) is 11.7 Å². The minimum absolute atomic E-state index is 0. The van der Waals surface area contributed by atoms with Crippen molar-refractivity contribution in [1.82, 2.24) is 15.8 Å². The molecular formula is C21H31IN4O. The lowest BCUT2D eigenvalue weighted by atomic mass is 9.79. The van der Waals surface area contributed by atoms with Crippen molar-refractivity contribution in [2.24, 2.45) is 4.99 Å². The Labute approximate surface area is 179 Å². The Kier molecular flexibility index (Phi) is 8.60. The van der Waals surface area contributed by atoms with Crippen LogP contribution in [0.15, 0.2) is 45.9 Å². The summed E-state index contributed by atoms with van der Waals surface area (Å²) in [4.78, 5) is 4.68. The Balaban J connectivity index is 0.00000261. The molecule has 1 heterocycles. The highest BCUT2D eigenvalue weighted by atomic mass is 127. The third-order valence-corrected chi connectivity index (χ3v) is 5.25. The van der Waals surface area contributed by atoms with Gasteiger partial charge < -0.3 is 15.2 Å². The maximum Gasteiger partial charge on any atom is 0.191 e. The van der Waals surface area contributed by atoms with Crippen LogP contribution < -0.4 is 10.6 Å². The number of halogens is 1. The summed E-state index contributed by atoms with van der Waals surface area (Å²) in [5.74, 6) is 1.64. The molecule has 1 saturated carbocycles. The molecule has 2 N–H and O–H groups in total. The molecule has 0 bridgehead atoms. The minimum atomic E-state index is 0. The molecule has 3 rings (SSSR count). The van der Waals surface area contributed by atoms with Gasteiger partial charge in [0.1, 0.15) is 6.54 Å². The molecule has 0 spiro atoms. The van der Waals surface area contributed by atoms with E-state index in [4.69, 9.17) is 4.52 Å². The second-order valence-corrected chi connectivity index (χ2v) is 7.04. The summed E-state index contributed by atoms with van der Waals surface area (Å²) in [6.45, 7) is 6.39. The summed E-state index contributed by atoms with van der Waals surface area (Å²) in [6, 6.07) is 12.9. The number of benzene rings is 1. The molecule has 1 aromatic carbocycles. The average Bonchev–Trinajstić information content (AvgIpc) is 3.35. The van der Waals surface area contributed by atoms with Gasteiger partial charge in [0, 0.05) is 24.6 Å².